The van der Waals surface area contributed by atoms with Crippen LogP contribution < -0.4 is 10.1 Å². The molecule has 8 nitrogen and oxygen atoms in total. The van der Waals surface area contributed by atoms with Crippen molar-refractivity contribution in [1.82, 2.24) is 10.2 Å². The fourth-order valence-electron chi connectivity index (χ4n) is 6.78. The van der Waals surface area contributed by atoms with Crippen LogP contribution >= 0.6 is 11.3 Å². The number of nitrogens with one attached hydrogen (secondary N) is 1. The van der Waals surface area contributed by atoms with E-state index >= 15 is 0 Å². The van der Waals surface area contributed by atoms with E-state index in [1.165, 1.54) is 0 Å². The summed E-state index contributed by atoms with van der Waals surface area (Å²) in [5, 5.41) is 6.14. The molecule has 0 unspecified atom stereocenters. The molecule has 0 saturated heterocycles. The first-order valence-corrected chi connectivity index (χ1v) is 18.9. The van der Waals surface area contributed by atoms with Crippen LogP contribution in [0.1, 0.15) is 62.8 Å². The van der Waals surface area contributed by atoms with E-state index in [1.54, 1.807) is 16.2 Å². The van der Waals surface area contributed by atoms with Gasteiger partial charge in [-0.05, 0) is 97.0 Å². The summed E-state index contributed by atoms with van der Waals surface area (Å²) in [6.07, 6.45) is -1.04. The minimum atomic E-state index is -0.932. The predicted molar refractivity (Wildman–Crippen MR) is 207 cm³/mol. The first-order chi connectivity index (χ1) is 25.1. The van der Waals surface area contributed by atoms with Gasteiger partial charge in [0.05, 0.1) is 6.54 Å². The molecular formula is C43H48N2O6S. The quantitative estimate of drug-likeness (QED) is 0.109. The number of rotatable bonds is 15. The molecule has 5 aromatic rings. The molecule has 1 heterocycles. The molecule has 1 aliphatic carbocycles. The molecule has 1 aromatic heterocycles. The van der Waals surface area contributed by atoms with Crippen LogP contribution in [-0.4, -0.2) is 61.2 Å². The van der Waals surface area contributed by atoms with Crippen LogP contribution in [0.5, 0.6) is 5.75 Å². The Morgan fingerprint density at radius 1 is 0.827 bits per heavy atom. The van der Waals surface area contributed by atoms with Crippen molar-refractivity contribution in [2.75, 3.05) is 26.4 Å². The molecule has 1 aliphatic rings. The van der Waals surface area contributed by atoms with Crippen LogP contribution in [0.15, 0.2) is 102 Å². The summed E-state index contributed by atoms with van der Waals surface area (Å²) >= 11 is 1.64. The highest BCUT2D eigenvalue weighted by molar-refractivity contribution is 7.17. The standard InChI is InChI=1S/C43H48N2O6S/c1-6-48-40(49-7-2)26-45(25-30-28-52-39-19-13-12-14-32(30)39)41(46)38(24-29-20-22-31(23-21-29)51-43(3,4)5)44-42(47)50-27-37-35-17-10-8-15-33(35)34-16-9-11-18-36(34)37/h8-23,28,37-38,40H,6-7,24-27H2,1-5H3,(H,44,47)/t38-/m0/s1. The molecule has 0 bridgehead atoms. The number of alkyl carbamates (subject to hydrolysis) is 1. The molecule has 4 aromatic carbocycles. The molecule has 0 saturated carbocycles. The van der Waals surface area contributed by atoms with E-state index < -0.39 is 18.4 Å². The minimum Gasteiger partial charge on any atom is -0.488 e. The van der Waals surface area contributed by atoms with Gasteiger partial charge in [-0.1, -0.05) is 78.9 Å². The first-order valence-electron chi connectivity index (χ1n) is 18.0. The second kappa shape index (κ2) is 16.8. The van der Waals surface area contributed by atoms with Crippen LogP contribution in [-0.2, 0) is 32.0 Å². The molecule has 272 valence electrons. The summed E-state index contributed by atoms with van der Waals surface area (Å²) in [5.74, 6) is 0.359. The molecular weight excluding hydrogens is 673 g/mol. The Bertz CT molecular complexity index is 1920. The van der Waals surface area contributed by atoms with Gasteiger partial charge in [-0.15, -0.1) is 11.3 Å². The SMILES string of the molecule is CCOC(CN(Cc1csc2ccccc12)C(=O)[C@H](Cc1ccc(OC(C)(C)C)cc1)NC(=O)OCC1c2ccccc2-c2ccccc21)OCC. The molecule has 0 fully saturated rings. The highest BCUT2D eigenvalue weighted by Crippen LogP contribution is 2.44. The summed E-state index contributed by atoms with van der Waals surface area (Å²) < 4.78 is 25.0. The Kier molecular flexibility index (Phi) is 11.9. The molecule has 0 aliphatic heterocycles. The minimum absolute atomic E-state index is 0.107. The number of hydrogen-bond donors (Lipinski definition) is 1. The van der Waals surface area contributed by atoms with Crippen molar-refractivity contribution in [2.45, 2.75) is 71.4 Å². The van der Waals surface area contributed by atoms with Gasteiger partial charge in [0.15, 0.2) is 6.29 Å². The van der Waals surface area contributed by atoms with E-state index in [0.717, 1.165) is 49.2 Å². The number of carbonyl (C=O) groups is 2. The molecule has 0 radical (unpaired) electrons. The van der Waals surface area contributed by atoms with Gasteiger partial charge in [0.1, 0.15) is 24.0 Å². The van der Waals surface area contributed by atoms with Crippen LogP contribution in [0.3, 0.4) is 0 Å². The molecule has 6 rings (SSSR count). The van der Waals surface area contributed by atoms with Crippen molar-refractivity contribution in [2.24, 2.45) is 0 Å². The summed E-state index contributed by atoms with van der Waals surface area (Å²) in [6, 6.07) is 31.3. The van der Waals surface area contributed by atoms with Gasteiger partial charge in [0, 0.05) is 36.8 Å². The fourth-order valence-corrected chi connectivity index (χ4v) is 7.74. The molecule has 1 atom stereocenters. The average molecular weight is 721 g/mol. The van der Waals surface area contributed by atoms with E-state index in [4.69, 9.17) is 18.9 Å². The number of nitrogens with zero attached hydrogens (tertiary/aromatic N) is 1. The largest absolute Gasteiger partial charge is 0.488 e. The van der Waals surface area contributed by atoms with Crippen molar-refractivity contribution in [3.05, 3.63) is 125 Å². The summed E-state index contributed by atoms with van der Waals surface area (Å²) in [7, 11) is 0. The Balaban J connectivity index is 1.26. The van der Waals surface area contributed by atoms with Gasteiger partial charge in [-0.25, -0.2) is 4.79 Å². The zero-order chi connectivity index (χ0) is 36.7. The second-order valence-electron chi connectivity index (χ2n) is 13.9. The highest BCUT2D eigenvalue weighted by Gasteiger charge is 2.32. The van der Waals surface area contributed by atoms with Crippen molar-refractivity contribution in [3.63, 3.8) is 0 Å². The van der Waals surface area contributed by atoms with Crippen molar-refractivity contribution >= 4 is 33.4 Å². The van der Waals surface area contributed by atoms with E-state index in [0.29, 0.717) is 19.8 Å². The van der Waals surface area contributed by atoms with Crippen LogP contribution in [0, 0.1) is 0 Å². The number of benzene rings is 4. The van der Waals surface area contributed by atoms with Crippen LogP contribution in [0.4, 0.5) is 4.79 Å². The summed E-state index contributed by atoms with van der Waals surface area (Å²) in [4.78, 5) is 30.2. The van der Waals surface area contributed by atoms with E-state index in [2.05, 4.69) is 47.1 Å². The molecule has 9 heteroatoms. The first kappa shape index (κ1) is 37.1. The van der Waals surface area contributed by atoms with E-state index in [1.807, 2.05) is 95.3 Å². The maximum Gasteiger partial charge on any atom is 0.407 e. The smallest absolute Gasteiger partial charge is 0.407 e. The van der Waals surface area contributed by atoms with Crippen LogP contribution in [0.2, 0.25) is 0 Å². The lowest BCUT2D eigenvalue weighted by Crippen LogP contribution is -2.51. The summed E-state index contributed by atoms with van der Waals surface area (Å²) in [6.45, 7) is 11.3. The van der Waals surface area contributed by atoms with Gasteiger partial charge in [-0.3, -0.25) is 4.79 Å². The van der Waals surface area contributed by atoms with Crippen molar-refractivity contribution < 1.29 is 28.5 Å². The van der Waals surface area contributed by atoms with Gasteiger partial charge in [0.25, 0.3) is 0 Å². The fraction of sp³-hybridized carbons (Fsp3) is 0.349. The van der Waals surface area contributed by atoms with Crippen molar-refractivity contribution in [3.8, 4) is 16.9 Å². The highest BCUT2D eigenvalue weighted by atomic mass is 32.1. The summed E-state index contributed by atoms with van der Waals surface area (Å²) in [5.41, 5.74) is 6.07. The third kappa shape index (κ3) is 9.02. The number of fused-ring (bicyclic) bond motifs is 4. The van der Waals surface area contributed by atoms with E-state index in [-0.39, 0.29) is 37.0 Å². The molecule has 2 amide bonds. The monoisotopic (exact) mass is 720 g/mol. The topological polar surface area (TPSA) is 86.3 Å². The van der Waals surface area contributed by atoms with Gasteiger partial charge in [-0.2, -0.15) is 0 Å². The third-order valence-electron chi connectivity index (χ3n) is 9.03. The second-order valence-corrected chi connectivity index (χ2v) is 14.8. The Labute approximate surface area is 310 Å². The lowest BCUT2D eigenvalue weighted by molar-refractivity contribution is -0.160. The Hall–Kier alpha value is -4.70. The number of amides is 2. The number of thiophene rings is 1. The van der Waals surface area contributed by atoms with E-state index in [9.17, 15) is 9.59 Å². The van der Waals surface area contributed by atoms with Crippen molar-refractivity contribution in [1.29, 1.82) is 0 Å². The third-order valence-corrected chi connectivity index (χ3v) is 10.0. The van der Waals surface area contributed by atoms with Gasteiger partial charge >= 0.3 is 6.09 Å². The zero-order valence-corrected chi connectivity index (χ0v) is 31.4. The number of ether oxygens (including phenoxy) is 4. The normalized spacial score (nSPS) is 13.1. The molecule has 52 heavy (non-hydrogen) atoms. The lowest BCUT2D eigenvalue weighted by atomic mass is 9.98. The van der Waals surface area contributed by atoms with Crippen LogP contribution in [0.25, 0.3) is 21.2 Å². The molecule has 1 N–H and O–H groups in total. The molecule has 0 spiro atoms. The zero-order valence-electron chi connectivity index (χ0n) is 30.6. The lowest BCUT2D eigenvalue weighted by Gasteiger charge is -2.31. The Morgan fingerprint density at radius 2 is 1.44 bits per heavy atom. The van der Waals surface area contributed by atoms with Gasteiger partial charge in [0.2, 0.25) is 5.91 Å². The maximum atomic E-state index is 14.8. The van der Waals surface area contributed by atoms with Gasteiger partial charge < -0.3 is 29.2 Å². The predicted octanol–water partition coefficient (Wildman–Crippen LogP) is 8.96. The average Bonchev–Trinajstić information content (AvgIpc) is 3.69. The Morgan fingerprint density at radius 3 is 2.08 bits per heavy atom. The number of hydrogen-bond acceptors (Lipinski definition) is 7. The maximum absolute atomic E-state index is 14.8. The number of carbonyl (C=O) groups excluding carboxylic acids is 2.